The van der Waals surface area contributed by atoms with Gasteiger partial charge in [-0.15, -0.1) is 0 Å². The molecule has 0 aliphatic heterocycles. The number of rotatable bonds is 3. The summed E-state index contributed by atoms with van der Waals surface area (Å²) in [5.41, 5.74) is 9.32. The first-order valence-corrected chi connectivity index (χ1v) is 5.93. The van der Waals surface area contributed by atoms with Crippen LogP contribution in [0.25, 0.3) is 11.0 Å². The van der Waals surface area contributed by atoms with Gasteiger partial charge in [0.15, 0.2) is 0 Å². The number of hydrogen-bond donors (Lipinski definition) is 1. The average molecular weight is 241 g/mol. The van der Waals surface area contributed by atoms with E-state index in [1.54, 1.807) is 10.9 Å². The first kappa shape index (κ1) is 11.0. The molecule has 1 aromatic carbocycles. The van der Waals surface area contributed by atoms with Gasteiger partial charge in [-0.25, -0.2) is 0 Å². The normalized spacial score (nSPS) is 13.0. The maximum Gasteiger partial charge on any atom is 0.134 e. The monoisotopic (exact) mass is 241 g/mol. The Balaban J connectivity index is 1.90. The number of nitrogens with zero attached hydrogens (tertiary/aromatic N) is 2. The molecular formula is C14H15N3O. The van der Waals surface area contributed by atoms with Crippen LogP contribution in [-0.2, 0) is 13.5 Å². The molecule has 3 rings (SSSR count). The second-order valence-corrected chi connectivity index (χ2v) is 4.52. The Morgan fingerprint density at radius 3 is 3.00 bits per heavy atom. The Labute approximate surface area is 105 Å². The molecule has 2 N–H and O–H groups in total. The van der Waals surface area contributed by atoms with Gasteiger partial charge < -0.3 is 10.2 Å². The smallest absolute Gasteiger partial charge is 0.134 e. The SMILES string of the molecule is Cn1cc(CC(N)c2coc3ccccc23)cn1. The van der Waals surface area contributed by atoms with Crippen LogP contribution in [0.5, 0.6) is 0 Å². The lowest BCUT2D eigenvalue weighted by molar-refractivity contribution is 0.599. The van der Waals surface area contributed by atoms with Crippen molar-refractivity contribution in [3.63, 3.8) is 0 Å². The molecule has 4 heteroatoms. The molecule has 0 spiro atoms. The quantitative estimate of drug-likeness (QED) is 0.766. The van der Waals surface area contributed by atoms with E-state index in [2.05, 4.69) is 5.10 Å². The number of furan rings is 1. The van der Waals surface area contributed by atoms with E-state index >= 15 is 0 Å². The molecule has 1 unspecified atom stereocenters. The maximum atomic E-state index is 6.25. The van der Waals surface area contributed by atoms with E-state index in [0.29, 0.717) is 0 Å². The van der Waals surface area contributed by atoms with Gasteiger partial charge in [0.2, 0.25) is 0 Å². The van der Waals surface area contributed by atoms with Crippen molar-refractivity contribution in [3.8, 4) is 0 Å². The predicted molar refractivity (Wildman–Crippen MR) is 70.1 cm³/mol. The highest BCUT2D eigenvalue weighted by molar-refractivity contribution is 5.81. The van der Waals surface area contributed by atoms with Crippen molar-refractivity contribution < 1.29 is 4.42 Å². The Bertz CT molecular complexity index is 668. The van der Waals surface area contributed by atoms with Crippen LogP contribution in [0.1, 0.15) is 17.2 Å². The zero-order valence-corrected chi connectivity index (χ0v) is 10.2. The van der Waals surface area contributed by atoms with Crippen molar-refractivity contribution in [1.82, 2.24) is 9.78 Å². The van der Waals surface area contributed by atoms with Crippen LogP contribution < -0.4 is 5.73 Å². The molecule has 0 saturated heterocycles. The molecule has 2 heterocycles. The molecule has 0 radical (unpaired) electrons. The van der Waals surface area contributed by atoms with Gasteiger partial charge in [-0.1, -0.05) is 18.2 Å². The van der Waals surface area contributed by atoms with Gasteiger partial charge in [-0.2, -0.15) is 5.10 Å². The van der Waals surface area contributed by atoms with E-state index in [1.165, 1.54) is 0 Å². The topological polar surface area (TPSA) is 57.0 Å². The van der Waals surface area contributed by atoms with Crippen LogP contribution in [0.4, 0.5) is 0 Å². The summed E-state index contributed by atoms with van der Waals surface area (Å²) in [6.45, 7) is 0. The lowest BCUT2D eigenvalue weighted by atomic mass is 10.0. The number of aromatic nitrogens is 2. The van der Waals surface area contributed by atoms with Crippen LogP contribution >= 0.6 is 0 Å². The summed E-state index contributed by atoms with van der Waals surface area (Å²) in [4.78, 5) is 0. The molecule has 4 nitrogen and oxygen atoms in total. The molecule has 18 heavy (non-hydrogen) atoms. The van der Waals surface area contributed by atoms with Crippen LogP contribution in [0, 0.1) is 0 Å². The molecule has 3 aromatic rings. The average Bonchev–Trinajstić information content (AvgIpc) is 2.95. The summed E-state index contributed by atoms with van der Waals surface area (Å²) in [6.07, 6.45) is 6.35. The minimum Gasteiger partial charge on any atom is -0.464 e. The molecule has 0 aliphatic rings. The second kappa shape index (κ2) is 4.31. The van der Waals surface area contributed by atoms with Crippen LogP contribution in [0.15, 0.2) is 47.3 Å². The van der Waals surface area contributed by atoms with Crippen LogP contribution in [0.3, 0.4) is 0 Å². The second-order valence-electron chi connectivity index (χ2n) is 4.52. The molecule has 0 saturated carbocycles. The molecule has 2 aromatic heterocycles. The summed E-state index contributed by atoms with van der Waals surface area (Å²) in [5, 5.41) is 5.24. The Morgan fingerprint density at radius 2 is 2.22 bits per heavy atom. The first-order valence-electron chi connectivity index (χ1n) is 5.93. The number of hydrogen-bond acceptors (Lipinski definition) is 3. The summed E-state index contributed by atoms with van der Waals surface area (Å²) in [7, 11) is 1.91. The van der Waals surface area contributed by atoms with Crippen molar-refractivity contribution in [1.29, 1.82) is 0 Å². The number of para-hydroxylation sites is 1. The Hall–Kier alpha value is -2.07. The van der Waals surface area contributed by atoms with Crippen LogP contribution in [0.2, 0.25) is 0 Å². The molecule has 92 valence electrons. The number of benzene rings is 1. The van der Waals surface area contributed by atoms with Crippen molar-refractivity contribution in [2.75, 3.05) is 0 Å². The van der Waals surface area contributed by atoms with Crippen molar-refractivity contribution in [3.05, 3.63) is 54.0 Å². The van der Waals surface area contributed by atoms with Gasteiger partial charge in [0.25, 0.3) is 0 Å². The molecular weight excluding hydrogens is 226 g/mol. The molecule has 1 atom stereocenters. The Kier molecular flexibility index (Phi) is 2.64. The van der Waals surface area contributed by atoms with E-state index < -0.39 is 0 Å². The highest BCUT2D eigenvalue weighted by Crippen LogP contribution is 2.26. The fraction of sp³-hybridized carbons (Fsp3) is 0.214. The minimum atomic E-state index is -0.0714. The van der Waals surface area contributed by atoms with Crippen molar-refractivity contribution in [2.24, 2.45) is 12.8 Å². The maximum absolute atomic E-state index is 6.25. The highest BCUT2D eigenvalue weighted by atomic mass is 16.3. The summed E-state index contributed by atoms with van der Waals surface area (Å²) >= 11 is 0. The van der Waals surface area contributed by atoms with Gasteiger partial charge in [-0.3, -0.25) is 4.68 Å². The van der Waals surface area contributed by atoms with Crippen LogP contribution in [-0.4, -0.2) is 9.78 Å². The molecule has 0 amide bonds. The third kappa shape index (κ3) is 1.91. The predicted octanol–water partition coefficient (Wildman–Crippen LogP) is 2.41. The number of nitrogens with two attached hydrogens (primary N) is 1. The van der Waals surface area contributed by atoms with E-state index in [0.717, 1.165) is 28.5 Å². The zero-order chi connectivity index (χ0) is 12.5. The van der Waals surface area contributed by atoms with Gasteiger partial charge in [0.1, 0.15) is 5.58 Å². The molecule has 0 aliphatic carbocycles. The van der Waals surface area contributed by atoms with Gasteiger partial charge in [-0.05, 0) is 18.1 Å². The lowest BCUT2D eigenvalue weighted by Gasteiger charge is -2.08. The largest absolute Gasteiger partial charge is 0.464 e. The lowest BCUT2D eigenvalue weighted by Crippen LogP contribution is -2.12. The first-order chi connectivity index (χ1) is 8.74. The molecule has 0 bridgehead atoms. The minimum absolute atomic E-state index is 0.0714. The fourth-order valence-electron chi connectivity index (χ4n) is 2.23. The van der Waals surface area contributed by atoms with E-state index in [4.69, 9.17) is 10.2 Å². The van der Waals surface area contributed by atoms with E-state index in [-0.39, 0.29) is 6.04 Å². The Morgan fingerprint density at radius 1 is 1.39 bits per heavy atom. The number of aryl methyl sites for hydroxylation is 1. The van der Waals surface area contributed by atoms with E-state index in [1.807, 2.05) is 43.7 Å². The summed E-state index contributed by atoms with van der Waals surface area (Å²) in [6, 6.07) is 7.88. The zero-order valence-electron chi connectivity index (χ0n) is 10.2. The molecule has 0 fully saturated rings. The fourth-order valence-corrected chi connectivity index (χ4v) is 2.23. The third-order valence-corrected chi connectivity index (χ3v) is 3.12. The van der Waals surface area contributed by atoms with E-state index in [9.17, 15) is 0 Å². The van der Waals surface area contributed by atoms with Gasteiger partial charge in [0, 0.05) is 30.2 Å². The van der Waals surface area contributed by atoms with Crippen molar-refractivity contribution >= 4 is 11.0 Å². The highest BCUT2D eigenvalue weighted by Gasteiger charge is 2.14. The number of fused-ring (bicyclic) bond motifs is 1. The standard InChI is InChI=1S/C14H15N3O/c1-17-8-10(7-16-17)6-13(15)12-9-18-14-5-3-2-4-11(12)14/h2-5,7-9,13H,6,15H2,1H3. The van der Waals surface area contributed by atoms with Gasteiger partial charge in [0.05, 0.1) is 12.5 Å². The van der Waals surface area contributed by atoms with Crippen molar-refractivity contribution in [2.45, 2.75) is 12.5 Å². The third-order valence-electron chi connectivity index (χ3n) is 3.12. The van der Waals surface area contributed by atoms with Gasteiger partial charge >= 0.3 is 0 Å². The summed E-state index contributed by atoms with van der Waals surface area (Å²) < 4.78 is 7.30. The summed E-state index contributed by atoms with van der Waals surface area (Å²) in [5.74, 6) is 0.